The van der Waals surface area contributed by atoms with E-state index in [2.05, 4.69) is 45.1 Å². The topological polar surface area (TPSA) is 78.9 Å². The lowest BCUT2D eigenvalue weighted by Gasteiger charge is -2.18. The molecule has 0 heterocycles. The first kappa shape index (κ1) is 57.9. The Morgan fingerprint density at radius 2 is 0.600 bits per heavy atom. The summed E-state index contributed by atoms with van der Waals surface area (Å²) in [6, 6.07) is 0. The molecule has 0 aliphatic carbocycles. The van der Waals surface area contributed by atoms with E-state index in [1.807, 2.05) is 0 Å². The van der Waals surface area contributed by atoms with Gasteiger partial charge < -0.3 is 14.2 Å². The lowest BCUT2D eigenvalue weighted by atomic mass is 10.0. The summed E-state index contributed by atoms with van der Waals surface area (Å²) in [7, 11) is 0. The smallest absolute Gasteiger partial charge is 0.306 e. The fourth-order valence-corrected chi connectivity index (χ4v) is 7.71. The van der Waals surface area contributed by atoms with E-state index < -0.39 is 6.10 Å². The van der Waals surface area contributed by atoms with E-state index in [0.717, 1.165) is 77.0 Å². The lowest BCUT2D eigenvalue weighted by Crippen LogP contribution is -2.30. The molecule has 0 bridgehead atoms. The number of unbranched alkanes of at least 4 members (excludes halogenated alkanes) is 33. The molecule has 0 aromatic rings. The molecule has 0 radical (unpaired) electrons. The fraction of sp³-hybridized carbons (Fsp3) is 0.870. The van der Waals surface area contributed by atoms with Crippen LogP contribution in [-0.2, 0) is 28.6 Å². The van der Waals surface area contributed by atoms with Gasteiger partial charge in [0.2, 0.25) is 0 Å². The number of carbonyl (C=O) groups excluding carboxylic acids is 3. The Morgan fingerprint density at radius 3 is 0.950 bits per heavy atom. The zero-order valence-electron chi connectivity index (χ0n) is 40.2. The van der Waals surface area contributed by atoms with Gasteiger partial charge in [0.05, 0.1) is 0 Å². The van der Waals surface area contributed by atoms with Gasteiger partial charge >= 0.3 is 17.9 Å². The third-order valence-electron chi connectivity index (χ3n) is 11.7. The largest absolute Gasteiger partial charge is 0.462 e. The molecule has 0 spiro atoms. The van der Waals surface area contributed by atoms with Crippen molar-refractivity contribution in [1.29, 1.82) is 0 Å². The van der Waals surface area contributed by atoms with Crippen molar-refractivity contribution in [1.82, 2.24) is 0 Å². The molecular formula is C54H100O6. The van der Waals surface area contributed by atoms with Crippen molar-refractivity contribution in [2.24, 2.45) is 0 Å². The number of carbonyl (C=O) groups is 3. The number of allylic oxidation sites excluding steroid dienone is 4. The summed E-state index contributed by atoms with van der Waals surface area (Å²) in [6.07, 6.45) is 55.8. The van der Waals surface area contributed by atoms with Crippen molar-refractivity contribution in [3.05, 3.63) is 24.3 Å². The molecule has 0 aliphatic rings. The molecule has 0 N–H and O–H groups in total. The zero-order valence-corrected chi connectivity index (χ0v) is 40.2. The van der Waals surface area contributed by atoms with Crippen LogP contribution < -0.4 is 0 Å². The quantitative estimate of drug-likeness (QED) is 0.0263. The van der Waals surface area contributed by atoms with Gasteiger partial charge in [0.1, 0.15) is 13.2 Å². The Labute approximate surface area is 373 Å². The van der Waals surface area contributed by atoms with Gasteiger partial charge in [0.15, 0.2) is 6.10 Å². The second-order valence-corrected chi connectivity index (χ2v) is 17.8. The molecule has 0 saturated heterocycles. The summed E-state index contributed by atoms with van der Waals surface area (Å²) in [5.41, 5.74) is 0. The average Bonchev–Trinajstić information content (AvgIpc) is 3.24. The highest BCUT2D eigenvalue weighted by molar-refractivity contribution is 5.71. The van der Waals surface area contributed by atoms with Crippen LogP contribution in [0, 0.1) is 0 Å². The van der Waals surface area contributed by atoms with Crippen LogP contribution in [0.2, 0.25) is 0 Å². The van der Waals surface area contributed by atoms with Crippen molar-refractivity contribution < 1.29 is 28.6 Å². The minimum Gasteiger partial charge on any atom is -0.462 e. The molecule has 0 unspecified atom stereocenters. The first-order chi connectivity index (χ1) is 29.5. The number of hydrogen-bond donors (Lipinski definition) is 0. The van der Waals surface area contributed by atoms with Crippen LogP contribution in [0.25, 0.3) is 0 Å². The molecule has 6 nitrogen and oxygen atoms in total. The SMILES string of the molecule is CCCCC/C=C\C/C=C\CCCCCCCC(=O)O[C@@H](COC(=O)CCCCCCCCCCCCCC)COC(=O)CCCCCCCCCCCCCCCCC. The van der Waals surface area contributed by atoms with Crippen LogP contribution in [-0.4, -0.2) is 37.2 Å². The summed E-state index contributed by atoms with van der Waals surface area (Å²) in [5, 5.41) is 0. The second-order valence-electron chi connectivity index (χ2n) is 17.8. The molecule has 0 aromatic carbocycles. The van der Waals surface area contributed by atoms with Gasteiger partial charge in [0, 0.05) is 19.3 Å². The van der Waals surface area contributed by atoms with Gasteiger partial charge in [-0.05, 0) is 51.4 Å². The van der Waals surface area contributed by atoms with Crippen molar-refractivity contribution >= 4 is 17.9 Å². The molecule has 0 aromatic heterocycles. The molecule has 1 atom stereocenters. The Bertz CT molecular complexity index is 973. The second kappa shape index (κ2) is 49.5. The maximum atomic E-state index is 12.8. The van der Waals surface area contributed by atoms with Crippen LogP contribution >= 0.6 is 0 Å². The Kier molecular flexibility index (Phi) is 47.8. The molecule has 0 aliphatic heterocycles. The lowest BCUT2D eigenvalue weighted by molar-refractivity contribution is -0.167. The van der Waals surface area contributed by atoms with Crippen LogP contribution in [0.15, 0.2) is 24.3 Å². The number of ether oxygens (including phenoxy) is 3. The molecule has 60 heavy (non-hydrogen) atoms. The maximum Gasteiger partial charge on any atom is 0.306 e. The standard InChI is InChI=1S/C54H100O6/c1-4-7-10-13-16-19-22-25-27-29-32-35-38-41-44-47-53(56)59-50-51(49-58-52(55)46-43-40-37-34-31-24-21-18-15-12-9-6-3)60-54(57)48-45-42-39-36-33-30-28-26-23-20-17-14-11-8-5-2/h17,20,26,28,51H,4-16,18-19,21-25,27,29-50H2,1-3H3/b20-17-,28-26-/t51-/m0/s1. The Balaban J connectivity index is 4.35. The number of rotatable bonds is 48. The summed E-state index contributed by atoms with van der Waals surface area (Å²) >= 11 is 0. The highest BCUT2D eigenvalue weighted by Crippen LogP contribution is 2.16. The van der Waals surface area contributed by atoms with Crippen LogP contribution in [0.5, 0.6) is 0 Å². The van der Waals surface area contributed by atoms with Crippen molar-refractivity contribution in [3.8, 4) is 0 Å². The van der Waals surface area contributed by atoms with Crippen LogP contribution in [0.1, 0.15) is 284 Å². The number of hydrogen-bond acceptors (Lipinski definition) is 6. The molecule has 0 rings (SSSR count). The molecular weight excluding hydrogens is 745 g/mol. The minimum absolute atomic E-state index is 0.0721. The van der Waals surface area contributed by atoms with Crippen LogP contribution in [0.3, 0.4) is 0 Å². The van der Waals surface area contributed by atoms with E-state index in [-0.39, 0.29) is 31.1 Å². The third-order valence-corrected chi connectivity index (χ3v) is 11.7. The van der Waals surface area contributed by atoms with Crippen molar-refractivity contribution in [2.75, 3.05) is 13.2 Å². The molecule has 0 amide bonds. The highest BCUT2D eigenvalue weighted by Gasteiger charge is 2.19. The van der Waals surface area contributed by atoms with Crippen molar-refractivity contribution in [3.63, 3.8) is 0 Å². The molecule has 0 saturated carbocycles. The van der Waals surface area contributed by atoms with Gasteiger partial charge in [0.25, 0.3) is 0 Å². The van der Waals surface area contributed by atoms with E-state index in [9.17, 15) is 14.4 Å². The molecule has 352 valence electrons. The predicted octanol–water partition coefficient (Wildman–Crippen LogP) is 17.2. The monoisotopic (exact) mass is 845 g/mol. The van der Waals surface area contributed by atoms with Crippen LogP contribution in [0.4, 0.5) is 0 Å². The van der Waals surface area contributed by atoms with Crippen molar-refractivity contribution in [2.45, 2.75) is 290 Å². The molecule has 6 heteroatoms. The highest BCUT2D eigenvalue weighted by atomic mass is 16.6. The van der Waals surface area contributed by atoms with Gasteiger partial charge in [-0.2, -0.15) is 0 Å². The Morgan fingerprint density at radius 1 is 0.333 bits per heavy atom. The normalized spacial score (nSPS) is 12.1. The van der Waals surface area contributed by atoms with Gasteiger partial charge in [-0.15, -0.1) is 0 Å². The van der Waals surface area contributed by atoms with E-state index in [1.54, 1.807) is 0 Å². The summed E-state index contributed by atoms with van der Waals surface area (Å²) in [5.74, 6) is -0.871. The number of esters is 3. The van der Waals surface area contributed by atoms with Gasteiger partial charge in [-0.25, -0.2) is 0 Å². The summed E-state index contributed by atoms with van der Waals surface area (Å²) in [4.78, 5) is 38.0. The van der Waals surface area contributed by atoms with E-state index in [0.29, 0.717) is 19.3 Å². The zero-order chi connectivity index (χ0) is 43.7. The third kappa shape index (κ3) is 46.9. The van der Waals surface area contributed by atoms with E-state index in [1.165, 1.54) is 167 Å². The van der Waals surface area contributed by atoms with Gasteiger partial charge in [-0.1, -0.05) is 238 Å². The minimum atomic E-state index is -0.772. The average molecular weight is 845 g/mol. The Hall–Kier alpha value is -2.11. The summed E-state index contributed by atoms with van der Waals surface area (Å²) in [6.45, 7) is 6.63. The fourth-order valence-electron chi connectivity index (χ4n) is 7.71. The summed E-state index contributed by atoms with van der Waals surface area (Å²) < 4.78 is 16.8. The predicted molar refractivity (Wildman–Crippen MR) is 256 cm³/mol. The first-order valence-corrected chi connectivity index (χ1v) is 26.3. The molecule has 0 fully saturated rings. The van der Waals surface area contributed by atoms with E-state index in [4.69, 9.17) is 14.2 Å². The first-order valence-electron chi connectivity index (χ1n) is 26.3. The maximum absolute atomic E-state index is 12.8. The van der Waals surface area contributed by atoms with Gasteiger partial charge in [-0.3, -0.25) is 14.4 Å². The van der Waals surface area contributed by atoms with E-state index >= 15 is 0 Å².